The molecule has 2 aliphatic carbocycles. The number of carbonyl (C=O) groups is 2. The highest BCUT2D eigenvalue weighted by Gasteiger charge is 2.74. The highest BCUT2D eigenvalue weighted by atomic mass is 79.9. The number of hydroxylamine groups is 1. The first kappa shape index (κ1) is 24.6. The van der Waals surface area contributed by atoms with Gasteiger partial charge in [-0.25, -0.2) is 9.86 Å². The molecule has 3 fully saturated rings. The van der Waals surface area contributed by atoms with Gasteiger partial charge in [-0.2, -0.15) is 0 Å². The summed E-state index contributed by atoms with van der Waals surface area (Å²) in [7, 11) is 1.62. The maximum atomic E-state index is 13.8. The summed E-state index contributed by atoms with van der Waals surface area (Å²) < 4.78 is 12.3. The number of para-hydroxylation sites is 1. The van der Waals surface area contributed by atoms with Crippen LogP contribution in [0.15, 0.2) is 65.2 Å². The molecule has 1 N–H and O–H groups in total. The first-order valence-corrected chi connectivity index (χ1v) is 13.5. The molecule has 2 heterocycles. The first-order chi connectivity index (χ1) is 17.7. The third-order valence-corrected chi connectivity index (χ3v) is 9.84. The first-order valence-electron chi connectivity index (χ1n) is 12.7. The van der Waals surface area contributed by atoms with Crippen LogP contribution >= 0.6 is 15.9 Å². The molecule has 8 heteroatoms. The van der Waals surface area contributed by atoms with Crippen molar-refractivity contribution < 1.29 is 29.0 Å². The number of hydrogen-bond donors (Lipinski definition) is 1. The summed E-state index contributed by atoms with van der Waals surface area (Å²) >= 11 is 3.59. The zero-order valence-corrected chi connectivity index (χ0v) is 22.6. The summed E-state index contributed by atoms with van der Waals surface area (Å²) in [5.41, 5.74) is -2.17. The summed E-state index contributed by atoms with van der Waals surface area (Å²) in [6, 6.07) is 15.2. The van der Waals surface area contributed by atoms with E-state index in [4.69, 9.17) is 14.3 Å². The number of carbonyl (C=O) groups excluding carboxylic acids is 2. The molecule has 1 unspecified atom stereocenters. The van der Waals surface area contributed by atoms with E-state index in [0.717, 1.165) is 15.7 Å². The Bertz CT molecular complexity index is 1300. The van der Waals surface area contributed by atoms with E-state index in [9.17, 15) is 14.7 Å². The van der Waals surface area contributed by atoms with Gasteiger partial charge in [-0.05, 0) is 83.6 Å². The van der Waals surface area contributed by atoms with Crippen LogP contribution in [0.1, 0.15) is 44.7 Å². The number of hydrogen-bond acceptors (Lipinski definition) is 7. The highest BCUT2D eigenvalue weighted by Crippen LogP contribution is 2.61. The van der Waals surface area contributed by atoms with Crippen LogP contribution in [0, 0.1) is 17.3 Å². The second-order valence-electron chi connectivity index (χ2n) is 10.9. The Labute approximate surface area is 224 Å². The standard InChI is InChI=1S/C29H30BrNO6/c1-17-9-11-20-25(27(2)24(32)13-14-29(17,27)34)36-26(33)28(20)16-22(18-10-12-23(35-3)21(30)15-18)31(37-28)19-7-5-4-6-8-19/h4-8,10,12-15,17,20,22,25,34H,9,11,16H2,1-3H3/t17-,20+,22-,25+,27-,28?,29+/m0/s1. The van der Waals surface area contributed by atoms with E-state index in [1.54, 1.807) is 25.2 Å². The lowest BCUT2D eigenvalue weighted by Crippen LogP contribution is -2.57. The molecule has 6 rings (SSSR count). The Hall–Kier alpha value is -2.68. The van der Waals surface area contributed by atoms with Crippen LogP contribution < -0.4 is 9.80 Å². The molecule has 2 aliphatic heterocycles. The average Bonchev–Trinajstić information content (AvgIpc) is 3.49. The maximum absolute atomic E-state index is 13.8. The van der Waals surface area contributed by atoms with Crippen molar-refractivity contribution in [3.8, 4) is 5.75 Å². The predicted octanol–water partition coefficient (Wildman–Crippen LogP) is 4.93. The summed E-state index contributed by atoms with van der Waals surface area (Å²) in [6.45, 7) is 3.70. The van der Waals surface area contributed by atoms with Crippen LogP contribution in [0.3, 0.4) is 0 Å². The van der Waals surface area contributed by atoms with Crippen LogP contribution in [0.25, 0.3) is 0 Å². The molecule has 0 radical (unpaired) electrons. The Morgan fingerprint density at radius 1 is 1.14 bits per heavy atom. The molecule has 0 aromatic heterocycles. The molecule has 2 aromatic carbocycles. The highest BCUT2D eigenvalue weighted by molar-refractivity contribution is 9.10. The van der Waals surface area contributed by atoms with E-state index in [2.05, 4.69) is 15.9 Å². The Morgan fingerprint density at radius 2 is 1.89 bits per heavy atom. The molecule has 37 heavy (non-hydrogen) atoms. The Balaban J connectivity index is 1.46. The number of halogens is 1. The third kappa shape index (κ3) is 3.25. The number of fused-ring (bicyclic) bond motifs is 4. The molecule has 2 aromatic rings. The molecular weight excluding hydrogens is 538 g/mol. The molecule has 4 aliphatic rings. The number of nitrogens with zero attached hydrogens (tertiary/aromatic N) is 1. The Morgan fingerprint density at radius 3 is 2.59 bits per heavy atom. The largest absolute Gasteiger partial charge is 0.496 e. The van der Waals surface area contributed by atoms with Gasteiger partial charge in [-0.15, -0.1) is 0 Å². The van der Waals surface area contributed by atoms with Crippen molar-refractivity contribution in [2.75, 3.05) is 12.2 Å². The lowest BCUT2D eigenvalue weighted by Gasteiger charge is -2.43. The maximum Gasteiger partial charge on any atom is 0.342 e. The predicted molar refractivity (Wildman–Crippen MR) is 140 cm³/mol. The summed E-state index contributed by atoms with van der Waals surface area (Å²) in [4.78, 5) is 33.7. The number of benzene rings is 2. The molecule has 194 valence electrons. The number of esters is 1. The lowest BCUT2D eigenvalue weighted by atomic mass is 9.63. The zero-order valence-electron chi connectivity index (χ0n) is 21.0. The van der Waals surface area contributed by atoms with Gasteiger partial charge in [0.05, 0.1) is 28.7 Å². The fraction of sp³-hybridized carbons (Fsp3) is 0.448. The van der Waals surface area contributed by atoms with Crippen molar-refractivity contribution in [1.82, 2.24) is 0 Å². The minimum atomic E-state index is -1.38. The van der Waals surface area contributed by atoms with E-state index in [1.807, 2.05) is 55.5 Å². The number of anilines is 1. The molecule has 1 saturated carbocycles. The fourth-order valence-electron chi connectivity index (χ4n) is 6.97. The zero-order chi connectivity index (χ0) is 26.2. The van der Waals surface area contributed by atoms with Crippen molar-refractivity contribution >= 4 is 33.4 Å². The van der Waals surface area contributed by atoms with Crippen molar-refractivity contribution in [1.29, 1.82) is 0 Å². The van der Waals surface area contributed by atoms with Crippen molar-refractivity contribution in [2.24, 2.45) is 17.3 Å². The molecule has 7 nitrogen and oxygen atoms in total. The van der Waals surface area contributed by atoms with Crippen LogP contribution in [0.5, 0.6) is 5.75 Å². The summed E-state index contributed by atoms with van der Waals surface area (Å²) in [5, 5.41) is 13.5. The van der Waals surface area contributed by atoms with E-state index in [0.29, 0.717) is 25.0 Å². The summed E-state index contributed by atoms with van der Waals surface area (Å²) in [5.74, 6) is -0.556. The van der Waals surface area contributed by atoms with E-state index in [1.165, 1.54) is 6.08 Å². The van der Waals surface area contributed by atoms with Gasteiger partial charge in [-0.3, -0.25) is 9.63 Å². The molecule has 7 atom stereocenters. The van der Waals surface area contributed by atoms with Crippen LogP contribution in [-0.4, -0.2) is 41.3 Å². The molecular formula is C29H30BrNO6. The second kappa shape index (κ2) is 8.41. The number of ether oxygens (including phenoxy) is 2. The smallest absolute Gasteiger partial charge is 0.342 e. The van der Waals surface area contributed by atoms with Crippen molar-refractivity contribution in [3.05, 3.63) is 70.7 Å². The van der Waals surface area contributed by atoms with Gasteiger partial charge in [-0.1, -0.05) is 31.2 Å². The fourth-order valence-corrected chi connectivity index (χ4v) is 7.53. The molecule has 2 saturated heterocycles. The summed E-state index contributed by atoms with van der Waals surface area (Å²) in [6.07, 6.45) is 3.84. The van der Waals surface area contributed by atoms with Crippen LogP contribution in [0.2, 0.25) is 0 Å². The SMILES string of the molecule is COc1ccc([C@@H]2CC3(ON2c2ccccc2)C(=O)O[C@@H]2[C@H]3CC[C@H](C)[C@]3(O)C=CC(=O)[C@@]23C)cc1Br. The van der Waals surface area contributed by atoms with Gasteiger partial charge in [0.2, 0.25) is 5.60 Å². The van der Waals surface area contributed by atoms with Gasteiger partial charge in [0.15, 0.2) is 5.78 Å². The lowest BCUT2D eigenvalue weighted by molar-refractivity contribution is -0.169. The van der Waals surface area contributed by atoms with Gasteiger partial charge in [0.1, 0.15) is 17.5 Å². The van der Waals surface area contributed by atoms with Gasteiger partial charge >= 0.3 is 5.97 Å². The number of aliphatic hydroxyl groups is 1. The van der Waals surface area contributed by atoms with Gasteiger partial charge in [0.25, 0.3) is 0 Å². The average molecular weight is 568 g/mol. The third-order valence-electron chi connectivity index (χ3n) is 9.22. The van der Waals surface area contributed by atoms with Gasteiger partial charge < -0.3 is 14.6 Å². The van der Waals surface area contributed by atoms with Crippen molar-refractivity contribution in [2.45, 2.75) is 56.5 Å². The topological polar surface area (TPSA) is 85.3 Å². The van der Waals surface area contributed by atoms with Crippen LogP contribution in [-0.2, 0) is 19.2 Å². The van der Waals surface area contributed by atoms with Crippen LogP contribution in [0.4, 0.5) is 5.69 Å². The normalized spacial score (nSPS) is 38.5. The number of rotatable bonds is 3. The molecule has 0 amide bonds. The minimum Gasteiger partial charge on any atom is -0.496 e. The van der Waals surface area contributed by atoms with E-state index >= 15 is 0 Å². The molecule has 0 bridgehead atoms. The number of ketones is 1. The van der Waals surface area contributed by atoms with E-state index in [-0.39, 0.29) is 17.7 Å². The van der Waals surface area contributed by atoms with Crippen molar-refractivity contribution in [3.63, 3.8) is 0 Å². The van der Waals surface area contributed by atoms with Gasteiger partial charge in [0, 0.05) is 12.3 Å². The second-order valence-corrected chi connectivity index (χ2v) is 11.7. The Kier molecular flexibility index (Phi) is 5.60. The van der Waals surface area contributed by atoms with E-state index < -0.39 is 34.6 Å². The number of allylic oxidation sites excluding steroid dienone is 1. The molecule has 1 spiro atoms. The minimum absolute atomic E-state index is 0.179. The quantitative estimate of drug-likeness (QED) is 0.526. The number of methoxy groups -OCH3 is 1. The monoisotopic (exact) mass is 567 g/mol.